The molecule has 20 heavy (non-hydrogen) atoms. The minimum atomic E-state index is -3.88. The van der Waals surface area contributed by atoms with E-state index in [4.69, 9.17) is 14.6 Å². The molecule has 1 aromatic carbocycles. The second-order valence-corrected chi connectivity index (χ2v) is 5.85. The minimum Gasteiger partial charge on any atom is -0.423 e. The number of rotatable bonds is 5. The lowest BCUT2D eigenvalue weighted by atomic mass is 10.2. The van der Waals surface area contributed by atoms with E-state index < -0.39 is 34.9 Å². The summed E-state index contributed by atoms with van der Waals surface area (Å²) in [5, 5.41) is 18.3. The third-order valence-corrected chi connectivity index (χ3v) is 4.18. The van der Waals surface area contributed by atoms with Crippen molar-refractivity contribution in [3.63, 3.8) is 0 Å². The van der Waals surface area contributed by atoms with Crippen molar-refractivity contribution in [2.75, 3.05) is 13.2 Å². The van der Waals surface area contributed by atoms with Gasteiger partial charge >= 0.3 is 5.63 Å². The average Bonchev–Trinajstić information content (AvgIpc) is 2.44. The lowest BCUT2D eigenvalue weighted by Gasteiger charge is -2.13. The summed E-state index contributed by atoms with van der Waals surface area (Å²) in [5.74, 6) is 0. The maximum Gasteiger partial charge on any atom is 0.336 e. The molecule has 2 aromatic rings. The van der Waals surface area contributed by atoms with Crippen molar-refractivity contribution in [3.05, 3.63) is 40.8 Å². The lowest BCUT2D eigenvalue weighted by molar-refractivity contribution is 0.185. The Morgan fingerprint density at radius 1 is 1.15 bits per heavy atom. The molecule has 0 aliphatic heterocycles. The molecule has 0 fully saturated rings. The summed E-state index contributed by atoms with van der Waals surface area (Å²) in [6.45, 7) is -1.03. The molecule has 1 heterocycles. The van der Waals surface area contributed by atoms with Crippen molar-refractivity contribution >= 4 is 21.0 Å². The molecule has 0 saturated heterocycles. The highest BCUT2D eigenvalue weighted by Crippen LogP contribution is 2.17. The van der Waals surface area contributed by atoms with Gasteiger partial charge in [-0.05, 0) is 24.3 Å². The Bertz CT molecular complexity index is 763. The third-order valence-electron chi connectivity index (χ3n) is 2.66. The van der Waals surface area contributed by atoms with Gasteiger partial charge in [-0.2, -0.15) is 0 Å². The lowest BCUT2D eigenvalue weighted by Crippen LogP contribution is -2.39. The Morgan fingerprint density at radius 2 is 1.85 bits per heavy atom. The van der Waals surface area contributed by atoms with Gasteiger partial charge < -0.3 is 14.6 Å². The molecular weight excluding hydrogens is 286 g/mol. The van der Waals surface area contributed by atoms with E-state index in [2.05, 4.69) is 4.72 Å². The van der Waals surface area contributed by atoms with E-state index in [0.29, 0.717) is 5.39 Å². The number of sulfonamides is 1. The molecule has 0 unspecified atom stereocenters. The quantitative estimate of drug-likeness (QED) is 0.636. The average molecular weight is 299 g/mol. The van der Waals surface area contributed by atoms with Crippen molar-refractivity contribution in [1.29, 1.82) is 0 Å². The van der Waals surface area contributed by atoms with Crippen molar-refractivity contribution in [2.45, 2.75) is 10.9 Å². The highest BCUT2D eigenvalue weighted by atomic mass is 32.2. The topological polar surface area (TPSA) is 117 Å². The fourth-order valence-electron chi connectivity index (χ4n) is 1.64. The maximum absolute atomic E-state index is 12.0. The van der Waals surface area contributed by atoms with Crippen LogP contribution in [0.1, 0.15) is 0 Å². The molecule has 2 rings (SSSR count). The van der Waals surface area contributed by atoms with Crippen molar-refractivity contribution in [3.8, 4) is 0 Å². The first-order valence-electron chi connectivity index (χ1n) is 5.74. The van der Waals surface area contributed by atoms with E-state index in [9.17, 15) is 13.2 Å². The van der Waals surface area contributed by atoms with Crippen LogP contribution in [0.25, 0.3) is 11.0 Å². The zero-order valence-electron chi connectivity index (χ0n) is 10.3. The number of nitrogens with one attached hydrogen (secondary N) is 1. The van der Waals surface area contributed by atoms with Crippen molar-refractivity contribution in [2.24, 2.45) is 0 Å². The van der Waals surface area contributed by atoms with Crippen LogP contribution in [-0.2, 0) is 10.0 Å². The highest BCUT2D eigenvalue weighted by Gasteiger charge is 2.19. The first-order valence-corrected chi connectivity index (χ1v) is 7.22. The Balaban J connectivity index is 2.42. The number of aliphatic hydroxyl groups is 2. The molecule has 3 N–H and O–H groups in total. The fourth-order valence-corrected chi connectivity index (χ4v) is 2.89. The molecule has 7 nitrogen and oxygen atoms in total. The summed E-state index contributed by atoms with van der Waals surface area (Å²) in [6.07, 6.45) is 0. The second kappa shape index (κ2) is 5.71. The molecule has 0 spiro atoms. The monoisotopic (exact) mass is 299 g/mol. The largest absolute Gasteiger partial charge is 0.423 e. The standard InChI is InChI=1S/C12H13NO6S/c14-6-9(7-15)13-20(17,18)10-2-3-11-8(5-10)1-4-12(16)19-11/h1-5,9,13-15H,6-7H2. The van der Waals surface area contributed by atoms with Gasteiger partial charge in [0.15, 0.2) is 0 Å². The number of benzene rings is 1. The van der Waals surface area contributed by atoms with E-state index in [1.807, 2.05) is 0 Å². The van der Waals surface area contributed by atoms with Gasteiger partial charge in [0.2, 0.25) is 10.0 Å². The molecular formula is C12H13NO6S. The number of hydrogen-bond donors (Lipinski definition) is 3. The molecule has 0 bridgehead atoms. The summed E-state index contributed by atoms with van der Waals surface area (Å²) in [4.78, 5) is 11.0. The van der Waals surface area contributed by atoms with Crippen LogP contribution in [0.5, 0.6) is 0 Å². The van der Waals surface area contributed by atoms with E-state index in [0.717, 1.165) is 0 Å². The second-order valence-electron chi connectivity index (χ2n) is 4.14. The van der Waals surface area contributed by atoms with Crippen LogP contribution in [0.3, 0.4) is 0 Å². The van der Waals surface area contributed by atoms with E-state index in [1.54, 1.807) is 0 Å². The van der Waals surface area contributed by atoms with Crippen LogP contribution in [0.15, 0.2) is 44.4 Å². The van der Waals surface area contributed by atoms with Gasteiger partial charge in [-0.15, -0.1) is 0 Å². The molecule has 0 aliphatic rings. The van der Waals surface area contributed by atoms with Gasteiger partial charge in [0.1, 0.15) is 5.58 Å². The zero-order chi connectivity index (χ0) is 14.8. The Hall–Kier alpha value is -1.74. The molecule has 0 atom stereocenters. The maximum atomic E-state index is 12.0. The van der Waals surface area contributed by atoms with Crippen molar-refractivity contribution in [1.82, 2.24) is 4.72 Å². The van der Waals surface area contributed by atoms with Crippen LogP contribution >= 0.6 is 0 Å². The smallest absolute Gasteiger partial charge is 0.336 e. The van der Waals surface area contributed by atoms with Gasteiger partial charge in [-0.25, -0.2) is 17.9 Å². The summed E-state index contributed by atoms with van der Waals surface area (Å²) in [5.41, 5.74) is -0.246. The predicted octanol–water partition coefficient (Wildman–Crippen LogP) is -0.576. The van der Waals surface area contributed by atoms with Gasteiger partial charge in [0.25, 0.3) is 0 Å². The summed E-state index contributed by atoms with van der Waals surface area (Å²) in [6, 6.07) is 5.67. The molecule has 8 heteroatoms. The van der Waals surface area contributed by atoms with E-state index in [-0.39, 0.29) is 10.5 Å². The fraction of sp³-hybridized carbons (Fsp3) is 0.250. The van der Waals surface area contributed by atoms with Crippen LogP contribution in [-0.4, -0.2) is 37.9 Å². The first kappa shape index (κ1) is 14.7. The molecule has 0 saturated carbocycles. The van der Waals surface area contributed by atoms with Gasteiger partial charge in [-0.3, -0.25) is 0 Å². The molecule has 0 amide bonds. The first-order chi connectivity index (χ1) is 9.46. The van der Waals surface area contributed by atoms with Crippen LogP contribution in [0, 0.1) is 0 Å². The van der Waals surface area contributed by atoms with E-state index in [1.165, 1.54) is 30.3 Å². The highest BCUT2D eigenvalue weighted by molar-refractivity contribution is 7.89. The SMILES string of the molecule is O=c1ccc2cc(S(=O)(=O)NC(CO)CO)ccc2o1. The van der Waals surface area contributed by atoms with Gasteiger partial charge in [-0.1, -0.05) is 0 Å². The van der Waals surface area contributed by atoms with Crippen LogP contribution in [0.2, 0.25) is 0 Å². The van der Waals surface area contributed by atoms with Gasteiger partial charge in [0, 0.05) is 11.5 Å². The third kappa shape index (κ3) is 3.05. The normalized spacial score (nSPS) is 12.2. The van der Waals surface area contributed by atoms with Crippen LogP contribution in [0.4, 0.5) is 0 Å². The number of fused-ring (bicyclic) bond motifs is 1. The molecule has 0 aliphatic carbocycles. The Kier molecular flexibility index (Phi) is 4.19. The predicted molar refractivity (Wildman–Crippen MR) is 70.8 cm³/mol. The number of hydrogen-bond acceptors (Lipinski definition) is 6. The minimum absolute atomic E-state index is 0.0502. The molecule has 0 radical (unpaired) electrons. The Morgan fingerprint density at radius 3 is 2.50 bits per heavy atom. The summed E-state index contributed by atoms with van der Waals surface area (Å²) >= 11 is 0. The Labute approximate surface area is 114 Å². The summed E-state index contributed by atoms with van der Waals surface area (Å²) in [7, 11) is -3.88. The van der Waals surface area contributed by atoms with E-state index >= 15 is 0 Å². The summed E-state index contributed by atoms with van der Waals surface area (Å²) < 4.78 is 31.2. The van der Waals surface area contributed by atoms with Crippen LogP contribution < -0.4 is 10.3 Å². The molecule has 108 valence electrons. The van der Waals surface area contributed by atoms with Crippen molar-refractivity contribution < 1.29 is 23.0 Å². The number of aliphatic hydroxyl groups excluding tert-OH is 2. The zero-order valence-corrected chi connectivity index (χ0v) is 11.1. The van der Waals surface area contributed by atoms with Gasteiger partial charge in [0.05, 0.1) is 24.2 Å². The molecule has 1 aromatic heterocycles.